The molecule has 0 bridgehead atoms. The van der Waals surface area contributed by atoms with Crippen LogP contribution in [0, 0.1) is 5.41 Å². The third-order valence-electron chi connectivity index (χ3n) is 6.58. The maximum atomic E-state index is 11.0. The summed E-state index contributed by atoms with van der Waals surface area (Å²) in [6, 6.07) is 8.20. The van der Waals surface area contributed by atoms with E-state index in [-0.39, 0.29) is 28.3 Å². The Bertz CT molecular complexity index is 898. The highest BCUT2D eigenvalue weighted by Crippen LogP contribution is 2.50. The minimum atomic E-state index is -0.942. The maximum Gasteiger partial charge on any atom is 0.347 e. The summed E-state index contributed by atoms with van der Waals surface area (Å²) in [7, 11) is 0. The molecule has 0 amide bonds. The highest BCUT2D eigenvalue weighted by molar-refractivity contribution is 8.01. The minimum absolute atomic E-state index is 0.0166. The van der Waals surface area contributed by atoms with Crippen LogP contribution in [0.5, 0.6) is 0 Å². The minimum Gasteiger partial charge on any atom is -0.477 e. The molecule has 2 fully saturated rings. The van der Waals surface area contributed by atoms with Gasteiger partial charge in [0.1, 0.15) is 4.88 Å². The van der Waals surface area contributed by atoms with Crippen LogP contribution >= 0.6 is 34.7 Å². The van der Waals surface area contributed by atoms with Gasteiger partial charge in [0.2, 0.25) is 0 Å². The number of thiazole rings is 1. The average Bonchev–Trinajstić information content (AvgIpc) is 3.35. The Hall–Kier alpha value is -1.32. The number of aliphatic hydroxyl groups excluding tert-OH is 2. The summed E-state index contributed by atoms with van der Waals surface area (Å²) >= 11 is 9.40. The smallest absolute Gasteiger partial charge is 0.347 e. The quantitative estimate of drug-likeness (QED) is 0.360. The molecule has 3 N–H and O–H groups in total. The van der Waals surface area contributed by atoms with Gasteiger partial charge in [0, 0.05) is 29.4 Å². The Morgan fingerprint density at radius 1 is 1.35 bits per heavy atom. The molecule has 1 saturated heterocycles. The summed E-state index contributed by atoms with van der Waals surface area (Å²) < 4.78 is 0.764. The van der Waals surface area contributed by atoms with Crippen LogP contribution in [0.15, 0.2) is 34.8 Å². The number of thioether (sulfide) groups is 1. The molecule has 2 heterocycles. The lowest BCUT2D eigenvalue weighted by atomic mass is 9.64. The first-order valence-electron chi connectivity index (χ1n) is 10.5. The number of nitrogens with zero attached hydrogens (tertiary/aromatic N) is 2. The van der Waals surface area contributed by atoms with Crippen molar-refractivity contribution in [2.45, 2.75) is 54.0 Å². The summed E-state index contributed by atoms with van der Waals surface area (Å²) in [5.41, 5.74) is 1.55. The van der Waals surface area contributed by atoms with Crippen molar-refractivity contribution in [2.75, 3.05) is 23.8 Å². The molecule has 1 aromatic heterocycles. The Kier molecular flexibility index (Phi) is 7.13. The number of aromatic nitrogens is 1. The number of aromatic carboxylic acids is 1. The number of alkyl halides is 1. The lowest BCUT2D eigenvalue weighted by Gasteiger charge is -2.44. The van der Waals surface area contributed by atoms with Gasteiger partial charge in [-0.3, -0.25) is 0 Å². The molecule has 0 radical (unpaired) electrons. The van der Waals surface area contributed by atoms with E-state index in [0.717, 1.165) is 60.0 Å². The second-order valence-electron chi connectivity index (χ2n) is 8.37. The molecule has 1 aliphatic carbocycles. The van der Waals surface area contributed by atoms with Crippen molar-refractivity contribution in [1.82, 2.24) is 4.98 Å². The van der Waals surface area contributed by atoms with Crippen molar-refractivity contribution in [3.8, 4) is 0 Å². The van der Waals surface area contributed by atoms with Crippen LogP contribution in [0.3, 0.4) is 0 Å². The Labute approximate surface area is 195 Å². The highest BCUT2D eigenvalue weighted by Gasteiger charge is 2.43. The monoisotopic (exact) mass is 482 g/mol. The normalized spacial score (nSPS) is 23.5. The molecular weight excluding hydrogens is 456 g/mol. The third kappa shape index (κ3) is 4.73. The number of carboxylic acids is 1. The fourth-order valence-electron chi connectivity index (χ4n) is 4.51. The molecule has 2 aromatic rings. The van der Waals surface area contributed by atoms with E-state index in [4.69, 9.17) is 16.7 Å². The van der Waals surface area contributed by atoms with Crippen LogP contribution in [0.25, 0.3) is 0 Å². The van der Waals surface area contributed by atoms with Gasteiger partial charge >= 0.3 is 5.97 Å². The van der Waals surface area contributed by atoms with E-state index >= 15 is 0 Å². The second kappa shape index (κ2) is 9.67. The van der Waals surface area contributed by atoms with E-state index in [2.05, 4.69) is 9.88 Å². The van der Waals surface area contributed by atoms with Crippen LogP contribution in [-0.4, -0.2) is 56.6 Å². The molecule has 6 nitrogen and oxygen atoms in total. The molecule has 0 spiro atoms. The van der Waals surface area contributed by atoms with Gasteiger partial charge in [0.15, 0.2) is 4.34 Å². The summed E-state index contributed by atoms with van der Waals surface area (Å²) in [4.78, 5) is 17.8. The summed E-state index contributed by atoms with van der Waals surface area (Å²) in [6.07, 6.45) is 5.33. The zero-order chi connectivity index (χ0) is 22.0. The lowest BCUT2D eigenvalue weighted by molar-refractivity contribution is -0.0734. The van der Waals surface area contributed by atoms with Crippen LogP contribution in [0.4, 0.5) is 5.69 Å². The van der Waals surface area contributed by atoms with E-state index in [1.54, 1.807) is 11.8 Å². The van der Waals surface area contributed by atoms with Gasteiger partial charge < -0.3 is 20.2 Å². The molecule has 9 heteroatoms. The maximum absolute atomic E-state index is 11.0. The highest BCUT2D eigenvalue weighted by atomic mass is 35.5. The molecule has 3 unspecified atom stereocenters. The number of hydrogen-bond donors (Lipinski definition) is 3. The fraction of sp³-hybridized carbons (Fsp3) is 0.545. The van der Waals surface area contributed by atoms with Crippen molar-refractivity contribution >= 4 is 46.4 Å². The van der Waals surface area contributed by atoms with Gasteiger partial charge in [-0.2, -0.15) is 0 Å². The predicted molar refractivity (Wildman–Crippen MR) is 125 cm³/mol. The number of benzene rings is 1. The SMILES string of the molecule is O=C(O)c1cnc(SCCC2C(Cl)CCN2c2ccc(C(O)C3(CO)CCC3)cc2)s1. The molecule has 4 rings (SSSR count). The van der Waals surface area contributed by atoms with E-state index in [0.29, 0.717) is 0 Å². The van der Waals surface area contributed by atoms with E-state index in [1.807, 2.05) is 24.3 Å². The van der Waals surface area contributed by atoms with Gasteiger partial charge in [-0.25, -0.2) is 9.78 Å². The number of aliphatic hydroxyl groups is 2. The van der Waals surface area contributed by atoms with E-state index in [9.17, 15) is 15.0 Å². The largest absolute Gasteiger partial charge is 0.477 e. The number of carboxylic acid groups (broad SMARTS) is 1. The van der Waals surface area contributed by atoms with Crippen LogP contribution < -0.4 is 4.90 Å². The Morgan fingerprint density at radius 2 is 2.10 bits per heavy atom. The third-order valence-corrected chi connectivity index (χ3v) is 9.27. The standard InChI is InChI=1S/C22H27ClN2O4S2/c23-16-6-10-25(17(16)7-11-30-21-24-12-18(31-21)20(28)29)15-4-2-14(3-5-15)19(27)22(13-26)8-1-9-22/h2-5,12,16-17,19,26-27H,1,6-11,13H2,(H,28,29). The van der Waals surface area contributed by atoms with Gasteiger partial charge in [-0.05, 0) is 43.4 Å². The van der Waals surface area contributed by atoms with Crippen LogP contribution in [0.2, 0.25) is 0 Å². The zero-order valence-corrected chi connectivity index (χ0v) is 19.5. The lowest BCUT2D eigenvalue weighted by Crippen LogP contribution is -2.39. The predicted octanol–water partition coefficient (Wildman–Crippen LogP) is 4.41. The molecule has 31 heavy (non-hydrogen) atoms. The van der Waals surface area contributed by atoms with Gasteiger partial charge in [-0.15, -0.1) is 22.9 Å². The molecule has 1 aliphatic heterocycles. The number of hydrogen-bond acceptors (Lipinski definition) is 7. The molecular formula is C22H27ClN2O4S2. The van der Waals surface area contributed by atoms with Gasteiger partial charge in [-0.1, -0.05) is 30.3 Å². The average molecular weight is 483 g/mol. The van der Waals surface area contributed by atoms with Gasteiger partial charge in [0.25, 0.3) is 0 Å². The van der Waals surface area contributed by atoms with Crippen molar-refractivity contribution in [2.24, 2.45) is 5.41 Å². The molecule has 168 valence electrons. The topological polar surface area (TPSA) is 93.9 Å². The second-order valence-corrected chi connectivity index (χ2v) is 11.3. The Morgan fingerprint density at radius 3 is 2.68 bits per heavy atom. The molecule has 3 atom stereocenters. The molecule has 2 aliphatic rings. The van der Waals surface area contributed by atoms with Crippen LogP contribution in [0.1, 0.15) is 53.4 Å². The number of anilines is 1. The van der Waals surface area contributed by atoms with Crippen molar-refractivity contribution in [3.05, 3.63) is 40.9 Å². The van der Waals surface area contributed by atoms with E-state index < -0.39 is 12.1 Å². The first-order valence-corrected chi connectivity index (χ1v) is 12.8. The van der Waals surface area contributed by atoms with Gasteiger partial charge in [0.05, 0.1) is 24.3 Å². The number of halogens is 1. The fourth-order valence-corrected chi connectivity index (χ4v) is 6.78. The van der Waals surface area contributed by atoms with Crippen molar-refractivity contribution < 1.29 is 20.1 Å². The summed E-state index contributed by atoms with van der Waals surface area (Å²) in [6.45, 7) is 0.898. The number of carbonyl (C=O) groups is 1. The van der Waals surface area contributed by atoms with E-state index in [1.165, 1.54) is 17.5 Å². The van der Waals surface area contributed by atoms with Crippen molar-refractivity contribution in [1.29, 1.82) is 0 Å². The first-order chi connectivity index (χ1) is 14.9. The zero-order valence-electron chi connectivity index (χ0n) is 17.1. The summed E-state index contributed by atoms with van der Waals surface area (Å²) in [5, 5.41) is 29.6. The molecule has 1 saturated carbocycles. The Balaban J connectivity index is 1.38. The number of rotatable bonds is 9. The summed E-state index contributed by atoms with van der Waals surface area (Å²) in [5.74, 6) is -0.129. The first kappa shape index (κ1) is 22.9. The van der Waals surface area contributed by atoms with Crippen LogP contribution in [-0.2, 0) is 0 Å². The molecule has 1 aromatic carbocycles. The van der Waals surface area contributed by atoms with Crippen molar-refractivity contribution in [3.63, 3.8) is 0 Å².